The first-order valence-corrected chi connectivity index (χ1v) is 2.80. The van der Waals surface area contributed by atoms with Gasteiger partial charge in [0.2, 0.25) is 5.91 Å². The monoisotopic (exact) mass is 111 g/mol. The van der Waals surface area contributed by atoms with E-state index in [4.69, 9.17) is 0 Å². The van der Waals surface area contributed by atoms with E-state index >= 15 is 0 Å². The highest BCUT2D eigenvalue weighted by Crippen LogP contribution is 2.15. The van der Waals surface area contributed by atoms with Gasteiger partial charge in [0.05, 0.1) is 0 Å². The Kier molecular flexibility index (Phi) is 1.16. The fourth-order valence-electron chi connectivity index (χ4n) is 0.663. The van der Waals surface area contributed by atoms with Crippen LogP contribution in [0.15, 0.2) is 4.99 Å². The molecule has 0 radical (unpaired) electrons. The number of rotatable bonds is 0. The molecular formula is C6H9NO. The van der Waals surface area contributed by atoms with Gasteiger partial charge in [-0.3, -0.25) is 4.79 Å². The lowest BCUT2D eigenvalue weighted by molar-refractivity contribution is -0.120. The summed E-state index contributed by atoms with van der Waals surface area (Å²) in [6, 6.07) is 0. The van der Waals surface area contributed by atoms with E-state index in [2.05, 4.69) is 4.99 Å². The number of nitrogens with zero attached hydrogens (tertiary/aromatic N) is 1. The summed E-state index contributed by atoms with van der Waals surface area (Å²) in [5.74, 6) is 0.495. The van der Waals surface area contributed by atoms with Gasteiger partial charge in [0.15, 0.2) is 0 Å². The standard InChI is InChI=1S/C6H9NO/c1-4-3-7-6(8)5(4)2/h3-5H,1-2H3. The number of aliphatic imine (C=N–C) groups is 1. The van der Waals surface area contributed by atoms with Crippen molar-refractivity contribution < 1.29 is 4.79 Å². The Bertz CT molecular complexity index is 139. The third kappa shape index (κ3) is 0.661. The SMILES string of the molecule is CC1C=NC(=O)C1C. The molecule has 1 amide bonds. The van der Waals surface area contributed by atoms with Crippen molar-refractivity contribution in [2.75, 3.05) is 0 Å². The number of hydrogen-bond acceptors (Lipinski definition) is 1. The summed E-state index contributed by atoms with van der Waals surface area (Å²) in [5.41, 5.74) is 0. The van der Waals surface area contributed by atoms with Gasteiger partial charge in [0.25, 0.3) is 0 Å². The third-order valence-corrected chi connectivity index (χ3v) is 1.62. The molecule has 44 valence electrons. The van der Waals surface area contributed by atoms with E-state index in [1.54, 1.807) is 6.21 Å². The average Bonchev–Trinajstić information content (AvgIpc) is 1.98. The summed E-state index contributed by atoms with van der Waals surface area (Å²) in [4.78, 5) is 14.2. The molecule has 1 rings (SSSR count). The molecule has 2 heteroatoms. The van der Waals surface area contributed by atoms with E-state index in [1.165, 1.54) is 0 Å². The lowest BCUT2D eigenvalue weighted by atomic mass is 10.0. The molecule has 0 saturated heterocycles. The van der Waals surface area contributed by atoms with E-state index in [9.17, 15) is 4.79 Å². The predicted octanol–water partition coefficient (Wildman–Crippen LogP) is 0.870. The Hall–Kier alpha value is -0.660. The van der Waals surface area contributed by atoms with Gasteiger partial charge in [-0.15, -0.1) is 0 Å². The lowest BCUT2D eigenvalue weighted by Gasteiger charge is -2.00. The van der Waals surface area contributed by atoms with E-state index in [0.29, 0.717) is 5.92 Å². The second-order valence-electron chi connectivity index (χ2n) is 2.26. The van der Waals surface area contributed by atoms with Crippen LogP contribution in [0.4, 0.5) is 0 Å². The minimum absolute atomic E-state index is 0.0255. The average molecular weight is 111 g/mol. The van der Waals surface area contributed by atoms with Gasteiger partial charge in [-0.05, 0) is 0 Å². The maximum Gasteiger partial charge on any atom is 0.248 e. The fourth-order valence-corrected chi connectivity index (χ4v) is 0.663. The zero-order valence-electron chi connectivity index (χ0n) is 5.09. The lowest BCUT2D eigenvalue weighted by Crippen LogP contribution is -2.08. The van der Waals surface area contributed by atoms with Crippen molar-refractivity contribution in [3.63, 3.8) is 0 Å². The van der Waals surface area contributed by atoms with E-state index in [0.717, 1.165) is 0 Å². The maximum absolute atomic E-state index is 10.6. The molecule has 8 heavy (non-hydrogen) atoms. The minimum atomic E-state index is 0.0255. The van der Waals surface area contributed by atoms with Gasteiger partial charge in [-0.1, -0.05) is 13.8 Å². The molecule has 0 aromatic carbocycles. The van der Waals surface area contributed by atoms with Crippen molar-refractivity contribution in [2.24, 2.45) is 16.8 Å². The molecular weight excluding hydrogens is 102 g/mol. The number of amides is 1. The summed E-state index contributed by atoms with van der Waals surface area (Å²) in [7, 11) is 0. The number of carbonyl (C=O) groups is 1. The summed E-state index contributed by atoms with van der Waals surface area (Å²) < 4.78 is 0. The molecule has 0 aromatic rings. The van der Waals surface area contributed by atoms with Crippen molar-refractivity contribution in [1.82, 2.24) is 0 Å². The molecule has 2 nitrogen and oxygen atoms in total. The van der Waals surface area contributed by atoms with E-state index in [-0.39, 0.29) is 11.8 Å². The number of hydrogen-bond donors (Lipinski definition) is 0. The van der Waals surface area contributed by atoms with Crippen molar-refractivity contribution in [3.8, 4) is 0 Å². The highest BCUT2D eigenvalue weighted by molar-refractivity contribution is 5.94. The zero-order valence-corrected chi connectivity index (χ0v) is 5.09. The van der Waals surface area contributed by atoms with Crippen LogP contribution >= 0.6 is 0 Å². The Morgan fingerprint density at radius 1 is 1.62 bits per heavy atom. The Labute approximate surface area is 48.6 Å². The van der Waals surface area contributed by atoms with Gasteiger partial charge in [0.1, 0.15) is 0 Å². The molecule has 1 heterocycles. The highest BCUT2D eigenvalue weighted by atomic mass is 16.1. The molecule has 0 spiro atoms. The summed E-state index contributed by atoms with van der Waals surface area (Å²) >= 11 is 0. The van der Waals surface area contributed by atoms with Crippen LogP contribution in [0.1, 0.15) is 13.8 Å². The smallest absolute Gasteiger partial charge is 0.248 e. The maximum atomic E-state index is 10.6. The van der Waals surface area contributed by atoms with Crippen molar-refractivity contribution >= 4 is 12.1 Å². The molecule has 1 aliphatic heterocycles. The molecule has 1 aliphatic rings. The van der Waals surface area contributed by atoms with Crippen LogP contribution in [0.2, 0.25) is 0 Å². The van der Waals surface area contributed by atoms with E-state index < -0.39 is 0 Å². The normalized spacial score (nSPS) is 36.5. The van der Waals surface area contributed by atoms with Gasteiger partial charge in [-0.25, -0.2) is 4.99 Å². The second-order valence-corrected chi connectivity index (χ2v) is 2.26. The van der Waals surface area contributed by atoms with Crippen LogP contribution in [0.5, 0.6) is 0 Å². The van der Waals surface area contributed by atoms with Crippen LogP contribution in [0.25, 0.3) is 0 Å². The Balaban J connectivity index is 2.69. The summed E-state index contributed by atoms with van der Waals surface area (Å²) in [6.45, 7) is 3.90. The van der Waals surface area contributed by atoms with Gasteiger partial charge < -0.3 is 0 Å². The number of carbonyl (C=O) groups excluding carboxylic acids is 1. The summed E-state index contributed by atoms with van der Waals surface area (Å²) in [5, 5.41) is 0. The molecule has 0 bridgehead atoms. The molecule has 0 fully saturated rings. The molecule has 2 atom stereocenters. The van der Waals surface area contributed by atoms with Crippen LogP contribution in [0, 0.1) is 11.8 Å². The second kappa shape index (κ2) is 1.69. The Morgan fingerprint density at radius 3 is 2.38 bits per heavy atom. The fraction of sp³-hybridized carbons (Fsp3) is 0.667. The van der Waals surface area contributed by atoms with E-state index in [1.807, 2.05) is 13.8 Å². The molecule has 0 saturated carbocycles. The topological polar surface area (TPSA) is 29.4 Å². The zero-order chi connectivity index (χ0) is 6.15. The predicted molar refractivity (Wildman–Crippen MR) is 31.8 cm³/mol. The first-order chi connectivity index (χ1) is 3.72. The first-order valence-electron chi connectivity index (χ1n) is 2.80. The van der Waals surface area contributed by atoms with Gasteiger partial charge in [-0.2, -0.15) is 0 Å². The molecule has 2 unspecified atom stereocenters. The van der Waals surface area contributed by atoms with Crippen LogP contribution < -0.4 is 0 Å². The van der Waals surface area contributed by atoms with Crippen LogP contribution in [0.3, 0.4) is 0 Å². The van der Waals surface area contributed by atoms with Crippen molar-refractivity contribution in [2.45, 2.75) is 13.8 Å². The molecule has 0 aromatic heterocycles. The largest absolute Gasteiger partial charge is 0.272 e. The van der Waals surface area contributed by atoms with Gasteiger partial charge in [0, 0.05) is 18.1 Å². The quantitative estimate of drug-likeness (QED) is 0.456. The van der Waals surface area contributed by atoms with Crippen LogP contribution in [-0.2, 0) is 4.79 Å². The highest BCUT2D eigenvalue weighted by Gasteiger charge is 2.22. The van der Waals surface area contributed by atoms with Crippen molar-refractivity contribution in [1.29, 1.82) is 0 Å². The third-order valence-electron chi connectivity index (χ3n) is 1.62. The minimum Gasteiger partial charge on any atom is -0.272 e. The van der Waals surface area contributed by atoms with Gasteiger partial charge >= 0.3 is 0 Å². The molecule has 0 aliphatic carbocycles. The summed E-state index contributed by atoms with van der Waals surface area (Å²) in [6.07, 6.45) is 1.72. The Morgan fingerprint density at radius 2 is 2.25 bits per heavy atom. The molecule has 0 N–H and O–H groups in total. The van der Waals surface area contributed by atoms with Crippen molar-refractivity contribution in [3.05, 3.63) is 0 Å². The first kappa shape index (κ1) is 5.48. The van der Waals surface area contributed by atoms with Crippen LogP contribution in [-0.4, -0.2) is 12.1 Å².